The maximum Gasteiger partial charge on any atom is 0.147 e. The van der Waals surface area contributed by atoms with Crippen LogP contribution in [0.1, 0.15) is 5.56 Å². The van der Waals surface area contributed by atoms with Crippen LogP contribution in [-0.2, 0) is 16.3 Å². The highest BCUT2D eigenvalue weighted by Crippen LogP contribution is 2.19. The highest BCUT2D eigenvalue weighted by Gasteiger charge is 2.06. The van der Waals surface area contributed by atoms with Crippen LogP contribution < -0.4 is 11.5 Å². The summed E-state index contributed by atoms with van der Waals surface area (Å²) in [6, 6.07) is 5.25. The first-order chi connectivity index (χ1) is 6.40. The molecule has 0 radical (unpaired) electrons. The van der Waals surface area contributed by atoms with Crippen LogP contribution in [-0.4, -0.2) is 20.4 Å². The van der Waals surface area contributed by atoms with E-state index in [0.717, 1.165) is 5.56 Å². The van der Waals surface area contributed by atoms with Gasteiger partial charge in [-0.2, -0.15) is 0 Å². The van der Waals surface area contributed by atoms with E-state index in [1.165, 1.54) is 6.26 Å². The Morgan fingerprint density at radius 1 is 1.29 bits per heavy atom. The molecule has 0 saturated heterocycles. The third kappa shape index (κ3) is 2.92. The average molecular weight is 214 g/mol. The van der Waals surface area contributed by atoms with Gasteiger partial charge in [-0.3, -0.25) is 0 Å². The summed E-state index contributed by atoms with van der Waals surface area (Å²) in [5, 5.41) is 0. The van der Waals surface area contributed by atoms with Crippen molar-refractivity contribution < 1.29 is 8.42 Å². The van der Waals surface area contributed by atoms with Crippen molar-refractivity contribution in [3.8, 4) is 0 Å². The zero-order valence-corrected chi connectivity index (χ0v) is 8.84. The second kappa shape index (κ2) is 3.88. The van der Waals surface area contributed by atoms with E-state index < -0.39 is 9.84 Å². The largest absolute Gasteiger partial charge is 0.397 e. The predicted octanol–water partition coefficient (Wildman–Crippen LogP) is 0.438. The Bertz CT molecular complexity index is 426. The molecule has 0 amide bonds. The lowest BCUT2D eigenvalue weighted by atomic mass is 10.1. The molecule has 0 bridgehead atoms. The molecule has 4 nitrogen and oxygen atoms in total. The first-order valence-electron chi connectivity index (χ1n) is 4.21. The zero-order chi connectivity index (χ0) is 10.8. The lowest BCUT2D eigenvalue weighted by Crippen LogP contribution is -2.08. The van der Waals surface area contributed by atoms with E-state index in [1.807, 2.05) is 0 Å². The normalized spacial score (nSPS) is 11.5. The van der Waals surface area contributed by atoms with Gasteiger partial charge in [-0.05, 0) is 18.1 Å². The van der Waals surface area contributed by atoms with Gasteiger partial charge in [-0.15, -0.1) is 0 Å². The second-order valence-corrected chi connectivity index (χ2v) is 5.56. The number of rotatable bonds is 3. The number of nitrogen functional groups attached to an aromatic ring is 2. The molecule has 0 saturated carbocycles. The fraction of sp³-hybridized carbons (Fsp3) is 0.333. The van der Waals surface area contributed by atoms with Crippen molar-refractivity contribution in [2.45, 2.75) is 6.42 Å². The van der Waals surface area contributed by atoms with Crippen molar-refractivity contribution in [1.29, 1.82) is 0 Å². The highest BCUT2D eigenvalue weighted by molar-refractivity contribution is 7.90. The van der Waals surface area contributed by atoms with E-state index in [0.29, 0.717) is 17.8 Å². The van der Waals surface area contributed by atoms with Crippen molar-refractivity contribution in [2.75, 3.05) is 23.5 Å². The quantitative estimate of drug-likeness (QED) is 0.715. The molecule has 0 heterocycles. The minimum atomic E-state index is -2.95. The summed E-state index contributed by atoms with van der Waals surface area (Å²) in [5.74, 6) is 0.0979. The third-order valence-electron chi connectivity index (χ3n) is 1.97. The molecule has 1 aromatic rings. The summed E-state index contributed by atoms with van der Waals surface area (Å²) >= 11 is 0. The van der Waals surface area contributed by atoms with Gasteiger partial charge in [0, 0.05) is 6.26 Å². The fourth-order valence-corrected chi connectivity index (χ4v) is 1.74. The predicted molar refractivity (Wildman–Crippen MR) is 58.7 cm³/mol. The first-order valence-corrected chi connectivity index (χ1v) is 6.27. The maximum absolute atomic E-state index is 10.9. The van der Waals surface area contributed by atoms with Gasteiger partial charge < -0.3 is 11.5 Å². The zero-order valence-electron chi connectivity index (χ0n) is 8.03. The number of sulfone groups is 1. The highest BCUT2D eigenvalue weighted by atomic mass is 32.2. The van der Waals surface area contributed by atoms with Crippen molar-refractivity contribution in [1.82, 2.24) is 0 Å². The van der Waals surface area contributed by atoms with E-state index in [9.17, 15) is 8.42 Å². The molecule has 0 atom stereocenters. The minimum absolute atomic E-state index is 0.0979. The van der Waals surface area contributed by atoms with E-state index in [-0.39, 0.29) is 5.75 Å². The van der Waals surface area contributed by atoms with Crippen LogP contribution in [0, 0.1) is 0 Å². The number of para-hydroxylation sites is 1. The Labute approximate surface area is 83.8 Å². The molecule has 0 aliphatic carbocycles. The van der Waals surface area contributed by atoms with Gasteiger partial charge in [0.1, 0.15) is 9.84 Å². The van der Waals surface area contributed by atoms with Crippen molar-refractivity contribution in [3.63, 3.8) is 0 Å². The van der Waals surface area contributed by atoms with Crippen LogP contribution in [0.25, 0.3) is 0 Å². The van der Waals surface area contributed by atoms with Gasteiger partial charge >= 0.3 is 0 Å². The SMILES string of the molecule is CS(=O)(=O)CCc1cccc(N)c1N. The van der Waals surface area contributed by atoms with Crippen LogP contribution >= 0.6 is 0 Å². The van der Waals surface area contributed by atoms with Crippen LogP contribution in [0.2, 0.25) is 0 Å². The monoisotopic (exact) mass is 214 g/mol. The Morgan fingerprint density at radius 2 is 1.93 bits per heavy atom. The molecule has 14 heavy (non-hydrogen) atoms. The van der Waals surface area contributed by atoms with Crippen LogP contribution in [0.15, 0.2) is 18.2 Å². The molecule has 0 unspecified atom stereocenters. The summed E-state index contributed by atoms with van der Waals surface area (Å²) < 4.78 is 21.9. The molecular weight excluding hydrogens is 200 g/mol. The third-order valence-corrected chi connectivity index (χ3v) is 2.92. The summed E-state index contributed by atoms with van der Waals surface area (Å²) in [7, 11) is -2.95. The number of nitrogens with two attached hydrogens (primary N) is 2. The Kier molecular flexibility index (Phi) is 3.00. The standard InChI is InChI=1S/C9H14N2O2S/c1-14(12,13)6-5-7-3-2-4-8(10)9(7)11/h2-4H,5-6,10-11H2,1H3. The number of aryl methyl sites for hydroxylation is 1. The van der Waals surface area contributed by atoms with Crippen molar-refractivity contribution in [2.24, 2.45) is 0 Å². The van der Waals surface area contributed by atoms with Gasteiger partial charge in [0.25, 0.3) is 0 Å². The van der Waals surface area contributed by atoms with E-state index in [4.69, 9.17) is 11.5 Å². The fourth-order valence-electron chi connectivity index (χ4n) is 1.15. The number of benzene rings is 1. The van der Waals surface area contributed by atoms with Gasteiger partial charge in [0.15, 0.2) is 0 Å². The molecule has 0 aliphatic rings. The van der Waals surface area contributed by atoms with Crippen LogP contribution in [0.3, 0.4) is 0 Å². The minimum Gasteiger partial charge on any atom is -0.397 e. The van der Waals surface area contributed by atoms with E-state index in [2.05, 4.69) is 0 Å². The van der Waals surface area contributed by atoms with E-state index >= 15 is 0 Å². The Hall–Kier alpha value is -1.23. The molecule has 0 fully saturated rings. The van der Waals surface area contributed by atoms with Crippen LogP contribution in [0.5, 0.6) is 0 Å². The van der Waals surface area contributed by atoms with Gasteiger partial charge in [-0.25, -0.2) is 8.42 Å². The smallest absolute Gasteiger partial charge is 0.147 e. The summed E-state index contributed by atoms with van der Waals surface area (Å²) in [6.07, 6.45) is 1.62. The molecule has 0 aromatic heterocycles. The topological polar surface area (TPSA) is 86.2 Å². The lowest BCUT2D eigenvalue weighted by molar-refractivity contribution is 0.601. The molecule has 0 aliphatic heterocycles. The van der Waals surface area contributed by atoms with Gasteiger partial charge in [0.05, 0.1) is 17.1 Å². The number of hydrogen-bond donors (Lipinski definition) is 2. The molecule has 4 N–H and O–H groups in total. The summed E-state index contributed by atoms with van der Waals surface area (Å²) in [6.45, 7) is 0. The Morgan fingerprint density at radius 3 is 2.50 bits per heavy atom. The molecule has 5 heteroatoms. The summed E-state index contributed by atoms with van der Waals surface area (Å²) in [5.41, 5.74) is 13.0. The number of hydrogen-bond acceptors (Lipinski definition) is 4. The maximum atomic E-state index is 10.9. The second-order valence-electron chi connectivity index (χ2n) is 3.30. The average Bonchev–Trinajstić information content (AvgIpc) is 2.06. The van der Waals surface area contributed by atoms with Crippen molar-refractivity contribution in [3.05, 3.63) is 23.8 Å². The van der Waals surface area contributed by atoms with Gasteiger partial charge in [-0.1, -0.05) is 12.1 Å². The number of anilines is 2. The summed E-state index contributed by atoms with van der Waals surface area (Å²) in [4.78, 5) is 0. The molecule has 0 spiro atoms. The van der Waals surface area contributed by atoms with E-state index in [1.54, 1.807) is 18.2 Å². The molecular formula is C9H14N2O2S. The first kappa shape index (κ1) is 10.8. The Balaban J connectivity index is 2.83. The van der Waals surface area contributed by atoms with Crippen molar-refractivity contribution >= 4 is 21.2 Å². The molecule has 78 valence electrons. The molecule has 1 aromatic carbocycles. The van der Waals surface area contributed by atoms with Gasteiger partial charge in [0.2, 0.25) is 0 Å². The lowest BCUT2D eigenvalue weighted by Gasteiger charge is -2.06. The van der Waals surface area contributed by atoms with Crippen LogP contribution in [0.4, 0.5) is 11.4 Å². The molecule has 1 rings (SSSR count).